The highest BCUT2D eigenvalue weighted by atomic mass is 32.2. The van der Waals surface area contributed by atoms with Crippen LogP contribution in [-0.4, -0.2) is 18.0 Å². The van der Waals surface area contributed by atoms with E-state index in [0.29, 0.717) is 13.0 Å². The molecule has 0 aliphatic heterocycles. The first-order valence-electron chi connectivity index (χ1n) is 6.52. The summed E-state index contributed by atoms with van der Waals surface area (Å²) in [6.07, 6.45) is 2.61. The third kappa shape index (κ3) is 3.33. The van der Waals surface area contributed by atoms with E-state index < -0.39 is 0 Å². The Bertz CT molecular complexity index is 572. The van der Waals surface area contributed by atoms with Crippen molar-refractivity contribution in [2.45, 2.75) is 17.9 Å². The molecule has 0 saturated heterocycles. The van der Waals surface area contributed by atoms with Gasteiger partial charge in [0.2, 0.25) is 0 Å². The normalized spacial score (nSPS) is 10.6. The fraction of sp³-hybridized carbons (Fsp3) is 0.250. The van der Waals surface area contributed by atoms with Crippen LogP contribution >= 0.6 is 11.8 Å². The largest absolute Gasteiger partial charge is 0.457 e. The zero-order chi connectivity index (χ0) is 14.4. The summed E-state index contributed by atoms with van der Waals surface area (Å²) >= 11 is 1.66. The maximum Gasteiger partial charge on any atom is 0.133 e. The number of benzene rings is 2. The molecule has 2 aromatic rings. The minimum absolute atomic E-state index is 0.106. The molecule has 0 aliphatic rings. The molecule has 106 valence electrons. The summed E-state index contributed by atoms with van der Waals surface area (Å²) in [6.45, 7) is 0.545. The topological polar surface area (TPSA) is 55.5 Å². The zero-order valence-corrected chi connectivity index (χ0v) is 12.3. The lowest BCUT2D eigenvalue weighted by Gasteiger charge is -2.15. The van der Waals surface area contributed by atoms with Gasteiger partial charge in [-0.2, -0.15) is 0 Å². The first-order chi connectivity index (χ1) is 9.80. The number of rotatable bonds is 6. The number of nitrogens with two attached hydrogens (primary N) is 1. The summed E-state index contributed by atoms with van der Waals surface area (Å²) in [7, 11) is 0. The molecule has 0 saturated carbocycles. The Balaban J connectivity index is 2.35. The fourth-order valence-corrected chi connectivity index (χ4v) is 2.73. The van der Waals surface area contributed by atoms with Crippen LogP contribution in [0.5, 0.6) is 11.5 Å². The van der Waals surface area contributed by atoms with Crippen LogP contribution in [0.3, 0.4) is 0 Å². The van der Waals surface area contributed by atoms with Gasteiger partial charge in [0.15, 0.2) is 0 Å². The van der Waals surface area contributed by atoms with Crippen molar-refractivity contribution in [1.29, 1.82) is 0 Å². The molecule has 2 rings (SSSR count). The molecule has 0 radical (unpaired) electrons. The second-order valence-corrected chi connectivity index (χ2v) is 5.17. The summed E-state index contributed by atoms with van der Waals surface area (Å²) in [5.74, 6) is 1.55. The summed E-state index contributed by atoms with van der Waals surface area (Å²) in [5, 5.41) is 9.11. The van der Waals surface area contributed by atoms with Crippen LogP contribution in [0.15, 0.2) is 47.4 Å². The van der Waals surface area contributed by atoms with E-state index in [1.54, 1.807) is 11.8 Å². The minimum atomic E-state index is 0.106. The minimum Gasteiger partial charge on any atom is -0.457 e. The van der Waals surface area contributed by atoms with Gasteiger partial charge in [-0.15, -0.1) is 11.8 Å². The van der Waals surface area contributed by atoms with Crippen molar-refractivity contribution >= 4 is 11.8 Å². The second-order valence-electron chi connectivity index (χ2n) is 4.32. The number of thioether (sulfide) groups is 1. The Hall–Kier alpha value is -1.49. The van der Waals surface area contributed by atoms with E-state index in [2.05, 4.69) is 0 Å². The molecule has 0 spiro atoms. The standard InChI is InChI=1S/C16H19NO2S/c1-20-16-8-4-7-15(13(16)11-17)19-14-6-3-2-5-12(14)9-10-18/h2-8,18H,9-11,17H2,1H3. The molecule has 0 aliphatic carbocycles. The van der Waals surface area contributed by atoms with Crippen LogP contribution < -0.4 is 10.5 Å². The first-order valence-corrected chi connectivity index (χ1v) is 7.75. The number of aliphatic hydroxyl groups is 1. The van der Waals surface area contributed by atoms with Crippen molar-refractivity contribution in [3.8, 4) is 11.5 Å². The van der Waals surface area contributed by atoms with Crippen LogP contribution in [0.2, 0.25) is 0 Å². The molecule has 0 amide bonds. The van der Waals surface area contributed by atoms with Gasteiger partial charge in [0, 0.05) is 23.6 Å². The van der Waals surface area contributed by atoms with Gasteiger partial charge in [0.05, 0.1) is 0 Å². The number of ether oxygens (including phenoxy) is 1. The molecule has 3 N–H and O–H groups in total. The lowest BCUT2D eigenvalue weighted by atomic mass is 10.1. The van der Waals surface area contributed by atoms with Crippen LogP contribution in [-0.2, 0) is 13.0 Å². The van der Waals surface area contributed by atoms with Crippen molar-refractivity contribution < 1.29 is 9.84 Å². The summed E-state index contributed by atoms with van der Waals surface area (Å²) < 4.78 is 6.02. The predicted molar refractivity (Wildman–Crippen MR) is 83.4 cm³/mol. The zero-order valence-electron chi connectivity index (χ0n) is 11.5. The smallest absolute Gasteiger partial charge is 0.133 e. The molecular formula is C16H19NO2S. The molecular weight excluding hydrogens is 270 g/mol. The van der Waals surface area contributed by atoms with E-state index in [1.807, 2.05) is 48.7 Å². The number of hydrogen-bond acceptors (Lipinski definition) is 4. The third-order valence-corrected chi connectivity index (χ3v) is 3.91. The van der Waals surface area contributed by atoms with Crippen LogP contribution in [0, 0.1) is 0 Å². The molecule has 4 heteroatoms. The van der Waals surface area contributed by atoms with Crippen molar-refractivity contribution in [3.05, 3.63) is 53.6 Å². The Morgan fingerprint density at radius 3 is 2.55 bits per heavy atom. The Kier molecular flexibility index (Phi) is 5.47. The fourth-order valence-electron chi connectivity index (χ4n) is 2.08. The lowest BCUT2D eigenvalue weighted by molar-refractivity contribution is 0.298. The van der Waals surface area contributed by atoms with Gasteiger partial charge >= 0.3 is 0 Å². The van der Waals surface area contributed by atoms with Crippen LogP contribution in [0.25, 0.3) is 0 Å². The van der Waals surface area contributed by atoms with Gasteiger partial charge in [0.25, 0.3) is 0 Å². The van der Waals surface area contributed by atoms with Crippen LogP contribution in [0.1, 0.15) is 11.1 Å². The molecule has 2 aromatic carbocycles. The summed E-state index contributed by atoms with van der Waals surface area (Å²) in [4.78, 5) is 1.13. The number of aliphatic hydroxyl groups excluding tert-OH is 1. The number of para-hydroxylation sites is 1. The second kappa shape index (κ2) is 7.33. The average Bonchev–Trinajstić information content (AvgIpc) is 2.49. The molecule has 0 heterocycles. The van der Waals surface area contributed by atoms with Gasteiger partial charge in [-0.05, 0) is 36.4 Å². The third-order valence-electron chi connectivity index (χ3n) is 3.09. The Morgan fingerprint density at radius 1 is 1.10 bits per heavy atom. The first kappa shape index (κ1) is 14.9. The molecule has 0 atom stereocenters. The summed E-state index contributed by atoms with van der Waals surface area (Å²) in [6, 6.07) is 13.7. The molecule has 0 fully saturated rings. The van der Waals surface area contributed by atoms with E-state index in [1.165, 1.54) is 0 Å². The van der Waals surface area contributed by atoms with E-state index >= 15 is 0 Å². The van der Waals surface area contributed by atoms with Crippen molar-refractivity contribution in [3.63, 3.8) is 0 Å². The number of hydrogen-bond donors (Lipinski definition) is 2. The van der Waals surface area contributed by atoms with E-state index in [0.717, 1.165) is 27.5 Å². The Morgan fingerprint density at radius 2 is 1.85 bits per heavy atom. The average molecular weight is 289 g/mol. The van der Waals surface area contributed by atoms with Crippen molar-refractivity contribution in [2.75, 3.05) is 12.9 Å². The highest BCUT2D eigenvalue weighted by Crippen LogP contribution is 2.33. The molecule has 20 heavy (non-hydrogen) atoms. The molecule has 0 bridgehead atoms. The molecule has 0 aromatic heterocycles. The lowest BCUT2D eigenvalue weighted by Crippen LogP contribution is -2.02. The van der Waals surface area contributed by atoms with Crippen molar-refractivity contribution in [1.82, 2.24) is 0 Å². The van der Waals surface area contributed by atoms with Gasteiger partial charge in [-0.25, -0.2) is 0 Å². The highest BCUT2D eigenvalue weighted by Gasteiger charge is 2.10. The SMILES string of the molecule is CSc1cccc(Oc2ccccc2CCO)c1CN. The van der Waals surface area contributed by atoms with Crippen LogP contribution in [0.4, 0.5) is 0 Å². The van der Waals surface area contributed by atoms with E-state index in [4.69, 9.17) is 15.6 Å². The van der Waals surface area contributed by atoms with Gasteiger partial charge in [-0.3, -0.25) is 0 Å². The van der Waals surface area contributed by atoms with Gasteiger partial charge in [0.1, 0.15) is 11.5 Å². The maximum atomic E-state index is 9.11. The van der Waals surface area contributed by atoms with Gasteiger partial charge < -0.3 is 15.6 Å². The predicted octanol–water partition coefficient (Wildman–Crippen LogP) is 3.19. The van der Waals surface area contributed by atoms with Gasteiger partial charge in [-0.1, -0.05) is 24.3 Å². The van der Waals surface area contributed by atoms with E-state index in [-0.39, 0.29) is 6.61 Å². The monoisotopic (exact) mass is 289 g/mol. The Labute approximate surface area is 123 Å². The highest BCUT2D eigenvalue weighted by molar-refractivity contribution is 7.98. The van der Waals surface area contributed by atoms with E-state index in [9.17, 15) is 0 Å². The van der Waals surface area contributed by atoms with Crippen molar-refractivity contribution in [2.24, 2.45) is 5.73 Å². The quantitative estimate of drug-likeness (QED) is 0.802. The summed E-state index contributed by atoms with van der Waals surface area (Å²) in [5.41, 5.74) is 7.85. The molecule has 3 nitrogen and oxygen atoms in total. The molecule has 0 unspecified atom stereocenters. The maximum absolute atomic E-state index is 9.11.